The van der Waals surface area contributed by atoms with Crippen molar-refractivity contribution in [2.75, 3.05) is 18.7 Å². The second kappa shape index (κ2) is 9.30. The zero-order chi connectivity index (χ0) is 20.8. The van der Waals surface area contributed by atoms with Crippen molar-refractivity contribution in [3.63, 3.8) is 0 Å². The van der Waals surface area contributed by atoms with Gasteiger partial charge in [0.1, 0.15) is 11.4 Å². The fraction of sp³-hybridized carbons (Fsp3) is 0.368. The van der Waals surface area contributed by atoms with Crippen LogP contribution in [0.1, 0.15) is 24.8 Å². The van der Waals surface area contributed by atoms with Crippen LogP contribution < -0.4 is 20.5 Å². The molecule has 29 heavy (non-hydrogen) atoms. The van der Waals surface area contributed by atoms with Crippen LogP contribution >= 0.6 is 0 Å². The van der Waals surface area contributed by atoms with E-state index in [1.807, 2.05) is 24.3 Å². The van der Waals surface area contributed by atoms with E-state index >= 15 is 0 Å². The number of anilines is 1. The van der Waals surface area contributed by atoms with E-state index in [2.05, 4.69) is 10.7 Å². The third-order valence-electron chi connectivity index (χ3n) is 4.83. The lowest BCUT2D eigenvalue weighted by molar-refractivity contribution is -0.393. The van der Waals surface area contributed by atoms with E-state index in [1.54, 1.807) is 12.1 Å². The molecule has 1 aliphatic rings. The minimum atomic E-state index is -0.634. The summed E-state index contributed by atoms with van der Waals surface area (Å²) < 4.78 is 5.16. The number of hydrogen-bond acceptors (Lipinski definition) is 8. The minimum Gasteiger partial charge on any atom is -0.497 e. The van der Waals surface area contributed by atoms with Crippen molar-refractivity contribution in [3.8, 4) is 5.75 Å². The first-order valence-corrected chi connectivity index (χ1v) is 9.31. The summed E-state index contributed by atoms with van der Waals surface area (Å²) in [6.07, 6.45) is 2.65. The lowest BCUT2D eigenvalue weighted by Gasteiger charge is -2.36. The average molecular weight is 401 g/mol. The molecule has 0 aromatic heterocycles. The molecule has 1 aliphatic heterocycles. The summed E-state index contributed by atoms with van der Waals surface area (Å²) in [5.41, 5.74) is 3.89. The van der Waals surface area contributed by atoms with E-state index in [0.29, 0.717) is 6.54 Å². The van der Waals surface area contributed by atoms with E-state index in [1.165, 1.54) is 12.1 Å². The number of benzene rings is 2. The molecule has 2 N–H and O–H groups in total. The molecule has 0 aliphatic carbocycles. The van der Waals surface area contributed by atoms with Crippen molar-refractivity contribution in [3.05, 3.63) is 68.3 Å². The molecule has 10 nitrogen and oxygen atoms in total. The molecule has 0 saturated carbocycles. The van der Waals surface area contributed by atoms with Crippen molar-refractivity contribution in [1.82, 2.24) is 10.7 Å². The molecule has 0 radical (unpaired) electrons. The molecule has 1 saturated heterocycles. The van der Waals surface area contributed by atoms with Gasteiger partial charge in [-0.2, -0.15) is 0 Å². The van der Waals surface area contributed by atoms with Gasteiger partial charge in [0.05, 0.1) is 29.2 Å². The number of nitro groups is 2. The first-order chi connectivity index (χ1) is 14.0. The Hall–Kier alpha value is -3.24. The van der Waals surface area contributed by atoms with E-state index in [4.69, 9.17) is 4.74 Å². The number of nitrogens with one attached hydrogen (secondary N) is 2. The molecule has 1 atom stereocenters. The van der Waals surface area contributed by atoms with Gasteiger partial charge in [-0.1, -0.05) is 12.1 Å². The number of non-ortho nitro benzene ring substituents is 1. The molecule has 2 aromatic rings. The van der Waals surface area contributed by atoms with Crippen LogP contribution in [-0.4, -0.2) is 29.7 Å². The molecule has 0 amide bonds. The van der Waals surface area contributed by atoms with Crippen molar-refractivity contribution in [2.45, 2.75) is 32.0 Å². The summed E-state index contributed by atoms with van der Waals surface area (Å²) >= 11 is 0. The van der Waals surface area contributed by atoms with Crippen LogP contribution in [0, 0.1) is 20.2 Å². The second-order valence-electron chi connectivity index (χ2n) is 6.71. The van der Waals surface area contributed by atoms with Crippen LogP contribution in [-0.2, 0) is 6.54 Å². The van der Waals surface area contributed by atoms with E-state index in [0.717, 1.165) is 43.2 Å². The molecule has 2 aromatic carbocycles. The number of piperidine rings is 1. The van der Waals surface area contributed by atoms with Crippen molar-refractivity contribution in [1.29, 1.82) is 0 Å². The number of hydrogen-bond donors (Lipinski definition) is 2. The lowest BCUT2D eigenvalue weighted by atomic mass is 10.1. The fourth-order valence-electron chi connectivity index (χ4n) is 3.31. The number of methoxy groups -OCH3 is 1. The molecular formula is C19H23N5O5. The quantitative estimate of drug-likeness (QED) is 0.511. The highest BCUT2D eigenvalue weighted by Gasteiger charge is 2.29. The highest BCUT2D eigenvalue weighted by atomic mass is 16.6. The molecule has 0 spiro atoms. The Kier molecular flexibility index (Phi) is 6.57. The maximum atomic E-state index is 11.6. The highest BCUT2D eigenvalue weighted by molar-refractivity contribution is 5.66. The Morgan fingerprint density at radius 3 is 2.48 bits per heavy atom. The van der Waals surface area contributed by atoms with Gasteiger partial charge in [-0.3, -0.25) is 30.6 Å². The zero-order valence-electron chi connectivity index (χ0n) is 16.0. The monoisotopic (exact) mass is 401 g/mol. The Morgan fingerprint density at radius 1 is 1.14 bits per heavy atom. The summed E-state index contributed by atoms with van der Waals surface area (Å²) in [7, 11) is 1.59. The maximum Gasteiger partial charge on any atom is 0.300 e. The van der Waals surface area contributed by atoms with Gasteiger partial charge in [0.15, 0.2) is 0 Å². The first-order valence-electron chi connectivity index (χ1n) is 9.31. The van der Waals surface area contributed by atoms with E-state index < -0.39 is 9.85 Å². The number of hydrazine groups is 1. The Bertz CT molecular complexity index is 868. The van der Waals surface area contributed by atoms with Crippen LogP contribution in [0.5, 0.6) is 5.75 Å². The number of nitro benzene ring substituents is 2. The molecule has 1 fully saturated rings. The van der Waals surface area contributed by atoms with Gasteiger partial charge in [0.2, 0.25) is 0 Å². The Labute approximate surface area is 167 Å². The van der Waals surface area contributed by atoms with Crippen LogP contribution in [0.4, 0.5) is 17.1 Å². The average Bonchev–Trinajstić information content (AvgIpc) is 2.75. The minimum absolute atomic E-state index is 0.165. The van der Waals surface area contributed by atoms with Crippen LogP contribution in [0.25, 0.3) is 0 Å². The topological polar surface area (TPSA) is 123 Å². The number of ether oxygens (including phenoxy) is 1. The van der Waals surface area contributed by atoms with Gasteiger partial charge in [0.25, 0.3) is 5.69 Å². The highest BCUT2D eigenvalue weighted by Crippen LogP contribution is 2.33. The maximum absolute atomic E-state index is 11.6. The molecular weight excluding hydrogens is 378 g/mol. The standard InChI is InChI=1S/C19H23N5O5/c1-29-16-8-5-14(6-9-16)13-21-22(19-4-2-3-11-20-19)17-10-7-15(23(25)26)12-18(17)24(27)28/h5-10,12,19-21H,2-4,11,13H2,1H3. The van der Waals surface area contributed by atoms with Crippen molar-refractivity contribution in [2.24, 2.45) is 0 Å². The van der Waals surface area contributed by atoms with Gasteiger partial charge in [0, 0.05) is 12.6 Å². The molecule has 1 heterocycles. The van der Waals surface area contributed by atoms with Crippen molar-refractivity contribution < 1.29 is 14.6 Å². The van der Waals surface area contributed by atoms with Gasteiger partial charge >= 0.3 is 5.69 Å². The second-order valence-corrected chi connectivity index (χ2v) is 6.71. The smallest absolute Gasteiger partial charge is 0.300 e. The summed E-state index contributed by atoms with van der Waals surface area (Å²) in [5.74, 6) is 0.741. The fourth-order valence-corrected chi connectivity index (χ4v) is 3.31. The van der Waals surface area contributed by atoms with Gasteiger partial charge < -0.3 is 4.74 Å². The molecule has 10 heteroatoms. The predicted molar refractivity (Wildman–Crippen MR) is 108 cm³/mol. The predicted octanol–water partition coefficient (Wildman–Crippen LogP) is 3.12. The molecule has 3 rings (SSSR count). The summed E-state index contributed by atoms with van der Waals surface area (Å²) in [4.78, 5) is 21.5. The van der Waals surface area contributed by atoms with Gasteiger partial charge in [-0.15, -0.1) is 0 Å². The largest absolute Gasteiger partial charge is 0.497 e. The Balaban J connectivity index is 1.90. The Morgan fingerprint density at radius 2 is 1.90 bits per heavy atom. The van der Waals surface area contributed by atoms with Gasteiger partial charge in [-0.05, 0) is 49.6 Å². The van der Waals surface area contributed by atoms with Crippen LogP contribution in [0.15, 0.2) is 42.5 Å². The first kappa shape index (κ1) is 20.5. The van der Waals surface area contributed by atoms with Crippen molar-refractivity contribution >= 4 is 17.1 Å². The third kappa shape index (κ3) is 4.98. The SMILES string of the molecule is COc1ccc(CNN(c2ccc([N+](=O)[O-])cc2[N+](=O)[O-])C2CCCCN2)cc1. The third-order valence-corrected chi connectivity index (χ3v) is 4.83. The molecule has 1 unspecified atom stereocenters. The van der Waals surface area contributed by atoms with E-state index in [9.17, 15) is 20.2 Å². The van der Waals surface area contributed by atoms with E-state index in [-0.39, 0.29) is 23.2 Å². The zero-order valence-corrected chi connectivity index (χ0v) is 16.0. The summed E-state index contributed by atoms with van der Waals surface area (Å²) in [6, 6.07) is 11.2. The van der Waals surface area contributed by atoms with Crippen LogP contribution in [0.3, 0.4) is 0 Å². The summed E-state index contributed by atoms with van der Waals surface area (Å²) in [6.45, 7) is 1.22. The van der Waals surface area contributed by atoms with Gasteiger partial charge in [-0.25, -0.2) is 5.43 Å². The normalized spacial score (nSPS) is 16.2. The summed E-state index contributed by atoms with van der Waals surface area (Å²) in [5, 5.41) is 27.8. The number of rotatable bonds is 8. The lowest BCUT2D eigenvalue weighted by Crippen LogP contribution is -2.54. The number of nitrogens with zero attached hydrogens (tertiary/aromatic N) is 3. The molecule has 154 valence electrons. The molecule has 0 bridgehead atoms. The van der Waals surface area contributed by atoms with Crippen LogP contribution in [0.2, 0.25) is 0 Å².